The summed E-state index contributed by atoms with van der Waals surface area (Å²) in [4.78, 5) is 22.2. The fourth-order valence-corrected chi connectivity index (χ4v) is 2.21. The molecule has 0 saturated heterocycles. The number of thioether (sulfide) groups is 1. The fourth-order valence-electron chi connectivity index (χ4n) is 1.30. The van der Waals surface area contributed by atoms with Crippen LogP contribution in [0.1, 0.15) is 26.2 Å². The fraction of sp³-hybridized carbons (Fsp3) is 0.667. The molecule has 1 heterocycles. The van der Waals surface area contributed by atoms with Gasteiger partial charge in [-0.15, -0.1) is 5.10 Å². The summed E-state index contributed by atoms with van der Waals surface area (Å²) in [7, 11) is 0. The first-order valence-electron chi connectivity index (χ1n) is 5.46. The summed E-state index contributed by atoms with van der Waals surface area (Å²) >= 11 is 1.46. The summed E-state index contributed by atoms with van der Waals surface area (Å²) in [6.07, 6.45) is 1.95. The summed E-state index contributed by atoms with van der Waals surface area (Å²) in [5.41, 5.74) is 1.89. The van der Waals surface area contributed by atoms with Crippen LogP contribution >= 0.6 is 11.8 Å². The molecule has 0 unspecified atom stereocenters. The Kier molecular flexibility index (Phi) is 5.78. The topological polar surface area (TPSA) is 106 Å². The van der Waals surface area contributed by atoms with Gasteiger partial charge in [0.2, 0.25) is 5.91 Å². The van der Waals surface area contributed by atoms with E-state index in [1.807, 2.05) is 6.92 Å². The van der Waals surface area contributed by atoms with Crippen LogP contribution in [0.2, 0.25) is 0 Å². The Morgan fingerprint density at radius 3 is 3.06 bits per heavy atom. The number of nitrogens with two attached hydrogens (primary N) is 1. The molecule has 0 atom stereocenters. The van der Waals surface area contributed by atoms with Gasteiger partial charge in [0.15, 0.2) is 5.16 Å². The van der Waals surface area contributed by atoms with Crippen LogP contribution in [0.5, 0.6) is 0 Å². The number of nitrogens with one attached hydrogen (secondary N) is 2. The predicted octanol–water partition coefficient (Wildman–Crippen LogP) is -0.156. The van der Waals surface area contributed by atoms with Crippen molar-refractivity contribution in [3.05, 3.63) is 10.5 Å². The van der Waals surface area contributed by atoms with Crippen molar-refractivity contribution in [1.29, 1.82) is 0 Å². The van der Waals surface area contributed by atoms with E-state index in [1.165, 1.54) is 11.8 Å². The van der Waals surface area contributed by atoms with E-state index in [-0.39, 0.29) is 11.6 Å². The molecule has 8 heteroatoms. The number of carbonyl (C=O) groups excluding carboxylic acids is 1. The largest absolute Gasteiger partial charge is 0.343 e. The van der Waals surface area contributed by atoms with Crippen LogP contribution < -0.4 is 17.0 Å². The molecule has 0 aliphatic carbocycles. The number of aromatic amines is 1. The Labute approximate surface area is 103 Å². The second kappa shape index (κ2) is 7.13. The zero-order chi connectivity index (χ0) is 12.7. The van der Waals surface area contributed by atoms with E-state index in [4.69, 9.17) is 5.84 Å². The minimum atomic E-state index is -0.186. The highest BCUT2D eigenvalue weighted by Crippen LogP contribution is 2.15. The van der Waals surface area contributed by atoms with Crippen molar-refractivity contribution < 1.29 is 4.79 Å². The van der Waals surface area contributed by atoms with Gasteiger partial charge in [-0.2, -0.15) is 0 Å². The monoisotopic (exact) mass is 259 g/mol. The van der Waals surface area contributed by atoms with Gasteiger partial charge in [-0.25, -0.2) is 15.7 Å². The van der Waals surface area contributed by atoms with E-state index in [9.17, 15) is 9.59 Å². The molecule has 0 fully saturated rings. The Balaban J connectivity index is 2.41. The zero-order valence-corrected chi connectivity index (χ0v) is 10.5. The number of hydrogen-bond acceptors (Lipinski definition) is 5. The Bertz CT molecular complexity index is 414. The highest BCUT2D eigenvalue weighted by atomic mass is 32.2. The SMILES string of the molecule is CCCn1c(SCCCC(=O)NN)n[nH]c1=O. The first-order chi connectivity index (χ1) is 8.19. The van der Waals surface area contributed by atoms with E-state index in [0.717, 1.165) is 12.2 Å². The van der Waals surface area contributed by atoms with E-state index in [1.54, 1.807) is 4.57 Å². The third-order valence-corrected chi connectivity index (χ3v) is 3.17. The third kappa shape index (κ3) is 4.23. The standard InChI is InChI=1S/C9H17N5O2S/c1-2-5-14-8(16)12-13-9(14)17-6-3-4-7(15)11-10/h2-6,10H2,1H3,(H,11,15)(H,12,16). The van der Waals surface area contributed by atoms with E-state index in [0.29, 0.717) is 24.5 Å². The number of aromatic nitrogens is 3. The lowest BCUT2D eigenvalue weighted by molar-refractivity contribution is -0.121. The highest BCUT2D eigenvalue weighted by Gasteiger charge is 2.07. The molecule has 1 aromatic rings. The van der Waals surface area contributed by atoms with Gasteiger partial charge in [-0.1, -0.05) is 18.7 Å². The summed E-state index contributed by atoms with van der Waals surface area (Å²) in [6, 6.07) is 0. The molecule has 1 amide bonds. The molecule has 0 bridgehead atoms. The molecule has 0 aliphatic rings. The zero-order valence-electron chi connectivity index (χ0n) is 9.73. The molecule has 1 rings (SSSR count). The van der Waals surface area contributed by atoms with Crippen molar-refractivity contribution in [2.24, 2.45) is 5.84 Å². The molecule has 7 nitrogen and oxygen atoms in total. The van der Waals surface area contributed by atoms with E-state index >= 15 is 0 Å². The Hall–Kier alpha value is -1.28. The molecular formula is C9H17N5O2S. The van der Waals surface area contributed by atoms with Crippen molar-refractivity contribution in [2.75, 3.05) is 5.75 Å². The van der Waals surface area contributed by atoms with Gasteiger partial charge in [0, 0.05) is 18.7 Å². The van der Waals surface area contributed by atoms with Crippen LogP contribution in [-0.2, 0) is 11.3 Å². The molecule has 0 aliphatic heterocycles. The lowest BCUT2D eigenvalue weighted by Crippen LogP contribution is -2.29. The normalized spacial score (nSPS) is 10.5. The van der Waals surface area contributed by atoms with Crippen LogP contribution in [0.15, 0.2) is 9.95 Å². The Morgan fingerprint density at radius 1 is 1.65 bits per heavy atom. The average molecular weight is 259 g/mol. The number of amides is 1. The lowest BCUT2D eigenvalue weighted by Gasteiger charge is -2.03. The maximum atomic E-state index is 11.4. The number of hydrazine groups is 1. The van der Waals surface area contributed by atoms with Gasteiger partial charge >= 0.3 is 5.69 Å². The molecule has 4 N–H and O–H groups in total. The van der Waals surface area contributed by atoms with Crippen molar-refractivity contribution in [3.8, 4) is 0 Å². The minimum absolute atomic E-state index is 0.182. The number of H-pyrrole nitrogens is 1. The maximum absolute atomic E-state index is 11.4. The van der Waals surface area contributed by atoms with Gasteiger partial charge < -0.3 is 0 Å². The van der Waals surface area contributed by atoms with Crippen LogP contribution in [-0.4, -0.2) is 26.4 Å². The second-order valence-electron chi connectivity index (χ2n) is 3.48. The summed E-state index contributed by atoms with van der Waals surface area (Å²) in [5.74, 6) is 5.51. The van der Waals surface area contributed by atoms with Crippen LogP contribution in [0, 0.1) is 0 Å². The highest BCUT2D eigenvalue weighted by molar-refractivity contribution is 7.99. The van der Waals surface area contributed by atoms with Crippen LogP contribution in [0.4, 0.5) is 0 Å². The predicted molar refractivity (Wildman–Crippen MR) is 65.4 cm³/mol. The average Bonchev–Trinajstić information content (AvgIpc) is 2.67. The molecule has 17 heavy (non-hydrogen) atoms. The summed E-state index contributed by atoms with van der Waals surface area (Å²) in [5, 5.41) is 7.03. The van der Waals surface area contributed by atoms with Gasteiger partial charge in [0.05, 0.1) is 0 Å². The molecule has 0 saturated carbocycles. The Morgan fingerprint density at radius 2 is 2.41 bits per heavy atom. The minimum Gasteiger partial charge on any atom is -0.294 e. The smallest absolute Gasteiger partial charge is 0.294 e. The number of carbonyl (C=O) groups is 1. The number of nitrogens with zero attached hydrogens (tertiary/aromatic N) is 2. The summed E-state index contributed by atoms with van der Waals surface area (Å²) in [6.45, 7) is 2.65. The van der Waals surface area contributed by atoms with E-state index < -0.39 is 0 Å². The van der Waals surface area contributed by atoms with E-state index in [2.05, 4.69) is 15.6 Å². The number of rotatable bonds is 7. The van der Waals surface area contributed by atoms with Gasteiger partial charge in [0.25, 0.3) is 0 Å². The van der Waals surface area contributed by atoms with Gasteiger partial charge in [-0.05, 0) is 12.8 Å². The molecular weight excluding hydrogens is 242 g/mol. The molecule has 0 aromatic carbocycles. The molecule has 0 spiro atoms. The van der Waals surface area contributed by atoms with Crippen molar-refractivity contribution in [2.45, 2.75) is 37.9 Å². The maximum Gasteiger partial charge on any atom is 0.343 e. The van der Waals surface area contributed by atoms with Crippen LogP contribution in [0.3, 0.4) is 0 Å². The lowest BCUT2D eigenvalue weighted by atomic mass is 10.3. The number of hydrogen-bond donors (Lipinski definition) is 3. The van der Waals surface area contributed by atoms with Crippen molar-refractivity contribution in [1.82, 2.24) is 20.2 Å². The van der Waals surface area contributed by atoms with Crippen molar-refractivity contribution >= 4 is 17.7 Å². The molecule has 96 valence electrons. The van der Waals surface area contributed by atoms with Gasteiger partial charge in [0.1, 0.15) is 0 Å². The van der Waals surface area contributed by atoms with Gasteiger partial charge in [-0.3, -0.25) is 14.8 Å². The summed E-state index contributed by atoms with van der Waals surface area (Å²) < 4.78 is 1.60. The quantitative estimate of drug-likeness (QED) is 0.207. The second-order valence-corrected chi connectivity index (χ2v) is 4.54. The molecule has 0 radical (unpaired) electrons. The van der Waals surface area contributed by atoms with Crippen LogP contribution in [0.25, 0.3) is 0 Å². The molecule has 1 aromatic heterocycles. The third-order valence-electron chi connectivity index (χ3n) is 2.11. The first kappa shape index (κ1) is 13.8. The van der Waals surface area contributed by atoms with Crippen molar-refractivity contribution in [3.63, 3.8) is 0 Å². The first-order valence-corrected chi connectivity index (χ1v) is 6.45.